The summed E-state index contributed by atoms with van der Waals surface area (Å²) in [6.07, 6.45) is 2.94. The third-order valence-corrected chi connectivity index (χ3v) is 16.2. The van der Waals surface area contributed by atoms with Gasteiger partial charge in [-0.2, -0.15) is 0 Å². The molecule has 0 aromatic heterocycles. The van der Waals surface area contributed by atoms with Gasteiger partial charge in [-0.25, -0.2) is 0 Å². The minimum atomic E-state index is -0.993. The summed E-state index contributed by atoms with van der Waals surface area (Å²) in [5, 5.41) is 24.1. The number of amides is 8. The normalized spacial score (nSPS) is 23.1. The van der Waals surface area contributed by atoms with Crippen LogP contribution in [0.5, 0.6) is 0 Å². The van der Waals surface area contributed by atoms with Crippen LogP contribution in [-0.2, 0) is 38.4 Å². The number of hydrogen-bond donors (Lipinski definition) is 8. The van der Waals surface area contributed by atoms with Crippen LogP contribution in [-0.4, -0.2) is 134 Å². The van der Waals surface area contributed by atoms with Crippen molar-refractivity contribution in [3.63, 3.8) is 0 Å². The van der Waals surface area contributed by atoms with Gasteiger partial charge in [0.05, 0.1) is 29.6 Å². The van der Waals surface area contributed by atoms with Crippen molar-refractivity contribution in [1.82, 2.24) is 52.3 Å². The molecule has 2 heterocycles. The molecule has 408 valence electrons. The van der Waals surface area contributed by atoms with E-state index >= 15 is 0 Å². The molecule has 8 N–H and O–H groups in total. The van der Waals surface area contributed by atoms with Crippen molar-refractivity contribution >= 4 is 47.3 Å². The summed E-state index contributed by atoms with van der Waals surface area (Å²) < 4.78 is 0. The Morgan fingerprint density at radius 3 is 1.34 bits per heavy atom. The fourth-order valence-corrected chi connectivity index (χ4v) is 10.5. The van der Waals surface area contributed by atoms with Crippen molar-refractivity contribution in [2.24, 2.45) is 27.6 Å². The molecule has 1 aliphatic carbocycles. The molecule has 18 nitrogen and oxygen atoms in total. The molecule has 3 aliphatic rings. The number of rotatable bonds is 20. The molecule has 18 heteroatoms. The fourth-order valence-electron chi connectivity index (χ4n) is 10.5. The number of nitrogens with zero attached hydrogens (tertiary/aromatic N) is 2. The van der Waals surface area contributed by atoms with Crippen LogP contribution in [0.25, 0.3) is 0 Å². The van der Waals surface area contributed by atoms with Crippen molar-refractivity contribution in [2.45, 2.75) is 163 Å². The molecule has 2 aliphatic heterocycles. The highest BCUT2D eigenvalue weighted by Crippen LogP contribution is 2.56. The molecule has 2 aromatic carbocycles. The first-order chi connectivity index (χ1) is 34.7. The van der Waals surface area contributed by atoms with E-state index < -0.39 is 75.9 Å². The maximum atomic E-state index is 14.5. The van der Waals surface area contributed by atoms with E-state index in [1.54, 1.807) is 37.7 Å². The highest BCUT2D eigenvalue weighted by molar-refractivity contribution is 5.95. The zero-order valence-corrected chi connectivity index (χ0v) is 46.2. The number of carbonyl (C=O) groups excluding carboxylic acids is 8. The first-order valence-corrected chi connectivity index (χ1v) is 26.5. The number of benzene rings is 2. The van der Waals surface area contributed by atoms with E-state index in [9.17, 15) is 38.4 Å². The zero-order chi connectivity index (χ0) is 54.9. The van der Waals surface area contributed by atoms with Gasteiger partial charge in [0.25, 0.3) is 0 Å². The predicted octanol–water partition coefficient (Wildman–Crippen LogP) is 3.64. The van der Waals surface area contributed by atoms with E-state index in [-0.39, 0.29) is 60.3 Å². The largest absolute Gasteiger partial charge is 0.353 e. The van der Waals surface area contributed by atoms with Crippen molar-refractivity contribution in [2.75, 3.05) is 40.3 Å². The van der Waals surface area contributed by atoms with Crippen molar-refractivity contribution in [1.29, 1.82) is 0 Å². The first-order valence-electron chi connectivity index (χ1n) is 26.5. The zero-order valence-electron chi connectivity index (χ0n) is 46.2. The molecule has 74 heavy (non-hydrogen) atoms. The molecule has 2 saturated heterocycles. The quantitative estimate of drug-likeness (QED) is 0.0959. The molecule has 0 spiro atoms. The van der Waals surface area contributed by atoms with Gasteiger partial charge in [-0.15, -0.1) is 0 Å². The Labute approximate surface area is 439 Å². The second kappa shape index (κ2) is 24.6. The Hall–Kier alpha value is -5.88. The minimum absolute atomic E-state index is 0.0455. The molecular formula is C56H86N10O8. The van der Waals surface area contributed by atoms with Crippen LogP contribution >= 0.6 is 0 Å². The standard InChI is InChI=1S/C56H86N10O8/c1-34(57-12)45(67)63-43(53(3,4)5)50(72)65-30-20-26-41(65)48(70)61-39(36-22-16-14-17-23-36)32-59-47(69)38-28-29-56(11,55(38,9)10)52(74)60-33-40(37-24-18-15-19-25-37)62-49(71)42-27-21-31-66(42)51(73)44(54(6,7)8)64-46(68)35(2)58-13/h14-19,22-25,34-35,38-44,57-58H,20-21,26-33H2,1-13H3,(H,59,69)(H,60,74)(H,61,70)(H,62,71)(H,63,67)(H,64,68)/t34-,35-,38-,39+,40+,41-,42-,43+,44+,56+/m0/s1. The maximum Gasteiger partial charge on any atom is 0.246 e. The van der Waals surface area contributed by atoms with Gasteiger partial charge in [0.2, 0.25) is 47.3 Å². The average Bonchev–Trinajstić information content (AvgIpc) is 4.12. The second-order valence-corrected chi connectivity index (χ2v) is 23.6. The summed E-state index contributed by atoms with van der Waals surface area (Å²) in [5.74, 6) is -3.10. The Bertz CT molecular complexity index is 2320. The van der Waals surface area contributed by atoms with Gasteiger partial charge >= 0.3 is 0 Å². The van der Waals surface area contributed by atoms with Gasteiger partial charge in [0, 0.05) is 32.1 Å². The van der Waals surface area contributed by atoms with E-state index in [2.05, 4.69) is 42.5 Å². The maximum absolute atomic E-state index is 14.5. The third kappa shape index (κ3) is 13.7. The summed E-state index contributed by atoms with van der Waals surface area (Å²) in [5.41, 5.74) is -1.58. The van der Waals surface area contributed by atoms with Crippen molar-refractivity contribution in [3.05, 3.63) is 71.8 Å². The molecule has 1 saturated carbocycles. The van der Waals surface area contributed by atoms with Crippen LogP contribution < -0.4 is 42.5 Å². The van der Waals surface area contributed by atoms with E-state index in [0.717, 1.165) is 11.1 Å². The van der Waals surface area contributed by atoms with Gasteiger partial charge in [-0.1, -0.05) is 123 Å². The topological polar surface area (TPSA) is 239 Å². The Balaban J connectivity index is 1.26. The summed E-state index contributed by atoms with van der Waals surface area (Å²) in [6, 6.07) is 13.0. The summed E-state index contributed by atoms with van der Waals surface area (Å²) in [4.78, 5) is 115. The van der Waals surface area contributed by atoms with Gasteiger partial charge in [0.1, 0.15) is 24.2 Å². The third-order valence-electron chi connectivity index (χ3n) is 16.2. The molecule has 0 bridgehead atoms. The molecule has 5 rings (SSSR count). The van der Waals surface area contributed by atoms with Crippen LogP contribution in [0.3, 0.4) is 0 Å². The van der Waals surface area contributed by atoms with E-state index in [1.807, 2.05) is 123 Å². The number of nitrogens with one attached hydrogen (secondary N) is 8. The minimum Gasteiger partial charge on any atom is -0.353 e. The van der Waals surface area contributed by atoms with Crippen LogP contribution in [0.1, 0.15) is 138 Å². The van der Waals surface area contributed by atoms with Crippen LogP contribution in [0.15, 0.2) is 60.7 Å². The lowest BCUT2D eigenvalue weighted by Gasteiger charge is -2.40. The van der Waals surface area contributed by atoms with Crippen molar-refractivity contribution < 1.29 is 38.4 Å². The Kier molecular flexibility index (Phi) is 19.6. The van der Waals surface area contributed by atoms with Gasteiger partial charge in [-0.05, 0) is 93.8 Å². The highest BCUT2D eigenvalue weighted by Gasteiger charge is 2.58. The van der Waals surface area contributed by atoms with E-state index in [4.69, 9.17) is 0 Å². The lowest BCUT2D eigenvalue weighted by atomic mass is 9.65. The van der Waals surface area contributed by atoms with Crippen LogP contribution in [0.4, 0.5) is 0 Å². The van der Waals surface area contributed by atoms with Crippen molar-refractivity contribution in [3.8, 4) is 0 Å². The first kappa shape index (κ1) is 59.0. The molecule has 0 radical (unpaired) electrons. The molecule has 10 atom stereocenters. The molecule has 2 aromatic rings. The van der Waals surface area contributed by atoms with Gasteiger partial charge < -0.3 is 52.3 Å². The number of carbonyl (C=O) groups is 8. The summed E-state index contributed by atoms with van der Waals surface area (Å²) in [7, 11) is 3.34. The van der Waals surface area contributed by atoms with E-state index in [0.29, 0.717) is 51.6 Å². The molecule has 8 amide bonds. The Morgan fingerprint density at radius 2 is 0.959 bits per heavy atom. The average molecular weight is 1030 g/mol. The fraction of sp³-hybridized carbons (Fsp3) is 0.643. The van der Waals surface area contributed by atoms with Gasteiger partial charge in [-0.3, -0.25) is 38.4 Å². The van der Waals surface area contributed by atoms with Crippen LogP contribution in [0, 0.1) is 27.6 Å². The number of likely N-dealkylation sites (tertiary alicyclic amines) is 2. The Morgan fingerprint density at radius 1 is 0.568 bits per heavy atom. The molecular weight excluding hydrogens is 941 g/mol. The lowest BCUT2D eigenvalue weighted by molar-refractivity contribution is -0.144. The monoisotopic (exact) mass is 1030 g/mol. The number of likely N-dealkylation sites (N-methyl/N-ethyl adjacent to an activating group) is 2. The lowest BCUT2D eigenvalue weighted by Crippen LogP contribution is -2.59. The van der Waals surface area contributed by atoms with Crippen LogP contribution in [0.2, 0.25) is 0 Å². The smallest absolute Gasteiger partial charge is 0.246 e. The van der Waals surface area contributed by atoms with E-state index in [1.165, 1.54) is 0 Å². The second-order valence-electron chi connectivity index (χ2n) is 23.6. The SMILES string of the molecule is CN[C@@H](C)C(=O)N[C@H](C(=O)N1CCC[C@H]1C(=O)N[C@H](CNC(=O)[C@@H]1CC[C@](C)(C(=O)NC[C@@H](NC(=O)[C@@H]2CCCN2C(=O)[C@@H](NC(=O)[C@H](C)NC)C(C)(C)C)c2ccccc2)C1(C)C)c1ccccc1)C(C)(C)C. The molecule has 3 fully saturated rings. The molecule has 0 unspecified atom stereocenters. The van der Waals surface area contributed by atoms with Gasteiger partial charge in [0.15, 0.2) is 0 Å². The number of hydrogen-bond acceptors (Lipinski definition) is 10. The summed E-state index contributed by atoms with van der Waals surface area (Å²) >= 11 is 0. The summed E-state index contributed by atoms with van der Waals surface area (Å²) in [6.45, 7) is 21.2. The highest BCUT2D eigenvalue weighted by atomic mass is 16.2. The predicted molar refractivity (Wildman–Crippen MR) is 285 cm³/mol.